The first-order valence-corrected chi connectivity index (χ1v) is 9.76. The van der Waals surface area contributed by atoms with Gasteiger partial charge in [0.2, 0.25) is 5.91 Å². The zero-order valence-electron chi connectivity index (χ0n) is 16.5. The lowest BCUT2D eigenvalue weighted by atomic mass is 10.2. The van der Waals surface area contributed by atoms with Crippen molar-refractivity contribution in [2.24, 2.45) is 4.99 Å². The predicted octanol–water partition coefficient (Wildman–Crippen LogP) is 1.28. The minimum Gasteiger partial charge on any atom is -0.373 e. The summed E-state index contributed by atoms with van der Waals surface area (Å²) < 4.78 is 5.77. The SMILES string of the molecule is CCNC(=NCC(=O)N1CCCC1)NCCCN1CC(C)OC(C)C1.I. The summed E-state index contributed by atoms with van der Waals surface area (Å²) >= 11 is 0. The fourth-order valence-electron chi connectivity index (χ4n) is 3.53. The summed E-state index contributed by atoms with van der Waals surface area (Å²) in [7, 11) is 0. The number of nitrogens with zero attached hydrogens (tertiary/aromatic N) is 3. The largest absolute Gasteiger partial charge is 0.373 e. The molecule has 0 aliphatic carbocycles. The number of ether oxygens (including phenoxy) is 1. The molecule has 2 fully saturated rings. The van der Waals surface area contributed by atoms with Crippen LogP contribution in [0.15, 0.2) is 4.99 Å². The van der Waals surface area contributed by atoms with Crippen molar-refractivity contribution in [3.8, 4) is 0 Å². The van der Waals surface area contributed by atoms with E-state index in [1.54, 1.807) is 0 Å². The quantitative estimate of drug-likeness (QED) is 0.248. The molecule has 7 nitrogen and oxygen atoms in total. The summed E-state index contributed by atoms with van der Waals surface area (Å²) in [5.41, 5.74) is 0. The van der Waals surface area contributed by atoms with Crippen molar-refractivity contribution >= 4 is 35.8 Å². The van der Waals surface area contributed by atoms with Gasteiger partial charge in [-0.3, -0.25) is 9.69 Å². The van der Waals surface area contributed by atoms with Crippen LogP contribution in [0.25, 0.3) is 0 Å². The van der Waals surface area contributed by atoms with Crippen LogP contribution in [0.3, 0.4) is 0 Å². The molecule has 2 aliphatic rings. The van der Waals surface area contributed by atoms with Crippen LogP contribution in [-0.2, 0) is 9.53 Å². The zero-order valence-corrected chi connectivity index (χ0v) is 18.8. The molecule has 2 unspecified atom stereocenters. The number of rotatable bonds is 7. The van der Waals surface area contributed by atoms with Gasteiger partial charge in [0.1, 0.15) is 6.54 Å². The third kappa shape index (κ3) is 8.39. The number of halogens is 1. The van der Waals surface area contributed by atoms with E-state index < -0.39 is 0 Å². The van der Waals surface area contributed by atoms with Crippen molar-refractivity contribution in [1.29, 1.82) is 0 Å². The molecule has 0 bridgehead atoms. The first-order chi connectivity index (χ1) is 12.1. The molecule has 0 aromatic carbocycles. The maximum atomic E-state index is 12.1. The van der Waals surface area contributed by atoms with Gasteiger partial charge in [-0.15, -0.1) is 24.0 Å². The number of carbonyl (C=O) groups excluding carboxylic acids is 1. The monoisotopic (exact) mass is 481 g/mol. The Morgan fingerprint density at radius 2 is 1.81 bits per heavy atom. The van der Waals surface area contributed by atoms with Gasteiger partial charge in [0, 0.05) is 45.8 Å². The second-order valence-corrected chi connectivity index (χ2v) is 7.08. The molecule has 0 saturated carbocycles. The average molecular weight is 481 g/mol. The number of hydrogen-bond acceptors (Lipinski definition) is 4. The normalized spacial score (nSPS) is 24.3. The van der Waals surface area contributed by atoms with Gasteiger partial charge in [-0.05, 0) is 40.0 Å². The van der Waals surface area contributed by atoms with Crippen LogP contribution in [0.4, 0.5) is 0 Å². The number of aliphatic imine (C=N–C) groups is 1. The Balaban J connectivity index is 0.00000338. The Kier molecular flexibility index (Phi) is 11.5. The number of likely N-dealkylation sites (tertiary alicyclic amines) is 1. The standard InChI is InChI=1S/C18H35N5O2.HI/c1-4-19-18(21-12-17(24)23-10-5-6-11-23)20-8-7-9-22-13-15(2)25-16(3)14-22;/h15-16H,4-14H2,1-3H3,(H2,19,20,21);1H. The van der Waals surface area contributed by atoms with Gasteiger partial charge in [-0.1, -0.05) is 0 Å². The Labute approximate surface area is 175 Å². The maximum absolute atomic E-state index is 12.1. The molecule has 2 N–H and O–H groups in total. The van der Waals surface area contributed by atoms with E-state index in [2.05, 4.69) is 34.4 Å². The molecular weight excluding hydrogens is 445 g/mol. The van der Waals surface area contributed by atoms with E-state index in [0.29, 0.717) is 12.2 Å². The Morgan fingerprint density at radius 3 is 2.42 bits per heavy atom. The Hall–Kier alpha value is -0.610. The molecule has 0 spiro atoms. The highest BCUT2D eigenvalue weighted by atomic mass is 127. The molecule has 1 amide bonds. The maximum Gasteiger partial charge on any atom is 0.244 e. The van der Waals surface area contributed by atoms with E-state index in [9.17, 15) is 4.79 Å². The highest BCUT2D eigenvalue weighted by molar-refractivity contribution is 14.0. The van der Waals surface area contributed by atoms with Gasteiger partial charge < -0.3 is 20.3 Å². The predicted molar refractivity (Wildman–Crippen MR) is 116 cm³/mol. The van der Waals surface area contributed by atoms with Crippen molar-refractivity contribution in [2.75, 3.05) is 52.4 Å². The van der Waals surface area contributed by atoms with E-state index in [4.69, 9.17) is 4.74 Å². The number of nitrogens with one attached hydrogen (secondary N) is 2. The van der Waals surface area contributed by atoms with Crippen LogP contribution in [0.5, 0.6) is 0 Å². The van der Waals surface area contributed by atoms with E-state index in [0.717, 1.165) is 71.0 Å². The van der Waals surface area contributed by atoms with E-state index >= 15 is 0 Å². The first-order valence-electron chi connectivity index (χ1n) is 9.76. The highest BCUT2D eigenvalue weighted by Gasteiger charge is 2.21. The third-order valence-corrected chi connectivity index (χ3v) is 4.61. The topological polar surface area (TPSA) is 69.2 Å². The van der Waals surface area contributed by atoms with E-state index in [-0.39, 0.29) is 36.4 Å². The minimum atomic E-state index is 0. The van der Waals surface area contributed by atoms with Crippen LogP contribution >= 0.6 is 24.0 Å². The molecule has 0 aromatic heterocycles. The number of carbonyl (C=O) groups is 1. The van der Waals surface area contributed by atoms with E-state index in [1.165, 1.54) is 0 Å². The molecule has 26 heavy (non-hydrogen) atoms. The molecule has 0 aromatic rings. The molecule has 152 valence electrons. The zero-order chi connectivity index (χ0) is 18.1. The summed E-state index contributed by atoms with van der Waals surface area (Å²) in [6.07, 6.45) is 3.91. The van der Waals surface area contributed by atoms with Crippen molar-refractivity contribution in [2.45, 2.75) is 52.2 Å². The second-order valence-electron chi connectivity index (χ2n) is 7.08. The fourth-order valence-corrected chi connectivity index (χ4v) is 3.53. The van der Waals surface area contributed by atoms with Gasteiger partial charge in [0.15, 0.2) is 5.96 Å². The number of hydrogen-bond donors (Lipinski definition) is 2. The van der Waals surface area contributed by atoms with E-state index in [1.807, 2.05) is 11.8 Å². The van der Waals surface area contributed by atoms with Crippen LogP contribution in [0, 0.1) is 0 Å². The Morgan fingerprint density at radius 1 is 1.15 bits per heavy atom. The molecule has 0 radical (unpaired) electrons. The molecule has 2 saturated heterocycles. The summed E-state index contributed by atoms with van der Waals surface area (Å²) in [4.78, 5) is 20.9. The van der Waals surface area contributed by atoms with Gasteiger partial charge in [-0.2, -0.15) is 0 Å². The first kappa shape index (κ1) is 23.4. The highest BCUT2D eigenvalue weighted by Crippen LogP contribution is 2.10. The number of guanidine groups is 1. The van der Waals surface area contributed by atoms with Crippen LogP contribution in [0.1, 0.15) is 40.0 Å². The summed E-state index contributed by atoms with van der Waals surface area (Å²) in [6.45, 7) is 13.0. The minimum absolute atomic E-state index is 0. The van der Waals surface area contributed by atoms with Crippen molar-refractivity contribution < 1.29 is 9.53 Å². The van der Waals surface area contributed by atoms with Crippen molar-refractivity contribution in [3.63, 3.8) is 0 Å². The van der Waals surface area contributed by atoms with Crippen molar-refractivity contribution in [1.82, 2.24) is 20.4 Å². The van der Waals surface area contributed by atoms with Gasteiger partial charge in [0.05, 0.1) is 12.2 Å². The van der Waals surface area contributed by atoms with Gasteiger partial charge in [-0.25, -0.2) is 4.99 Å². The lowest BCUT2D eigenvalue weighted by Crippen LogP contribution is -2.46. The molecule has 2 aliphatic heterocycles. The van der Waals surface area contributed by atoms with Gasteiger partial charge in [0.25, 0.3) is 0 Å². The molecule has 2 rings (SSSR count). The number of amides is 1. The number of morpholine rings is 1. The smallest absolute Gasteiger partial charge is 0.244 e. The molecule has 2 atom stereocenters. The molecular formula is C18H36IN5O2. The lowest BCUT2D eigenvalue weighted by Gasteiger charge is -2.35. The second kappa shape index (κ2) is 12.7. The summed E-state index contributed by atoms with van der Waals surface area (Å²) in [6, 6.07) is 0. The average Bonchev–Trinajstić information content (AvgIpc) is 3.10. The van der Waals surface area contributed by atoms with Gasteiger partial charge >= 0.3 is 0 Å². The van der Waals surface area contributed by atoms with Crippen LogP contribution < -0.4 is 10.6 Å². The summed E-state index contributed by atoms with van der Waals surface area (Å²) in [5.74, 6) is 0.866. The molecule has 8 heteroatoms. The van der Waals surface area contributed by atoms with Crippen LogP contribution in [-0.4, -0.2) is 86.2 Å². The lowest BCUT2D eigenvalue weighted by molar-refractivity contribution is -0.128. The van der Waals surface area contributed by atoms with Crippen molar-refractivity contribution in [3.05, 3.63) is 0 Å². The molecule has 2 heterocycles. The third-order valence-electron chi connectivity index (χ3n) is 4.61. The Bertz CT molecular complexity index is 433. The fraction of sp³-hybridized carbons (Fsp3) is 0.889. The summed E-state index contributed by atoms with van der Waals surface area (Å²) in [5, 5.41) is 6.55. The van der Waals surface area contributed by atoms with Crippen LogP contribution in [0.2, 0.25) is 0 Å².